The summed E-state index contributed by atoms with van der Waals surface area (Å²) in [6.45, 7) is 2.70. The van der Waals surface area contributed by atoms with Crippen LogP contribution in [-0.2, 0) is 4.74 Å². The van der Waals surface area contributed by atoms with Gasteiger partial charge in [0.25, 0.3) is 0 Å². The molecular formula is C15H22BrClN2O. The van der Waals surface area contributed by atoms with Gasteiger partial charge in [0, 0.05) is 29.2 Å². The van der Waals surface area contributed by atoms with Crippen LogP contribution in [0.4, 0.5) is 0 Å². The van der Waals surface area contributed by atoms with Crippen molar-refractivity contribution < 1.29 is 4.74 Å². The van der Waals surface area contributed by atoms with E-state index in [0.29, 0.717) is 0 Å². The molecule has 0 amide bonds. The van der Waals surface area contributed by atoms with Crippen LogP contribution in [-0.4, -0.2) is 37.7 Å². The van der Waals surface area contributed by atoms with E-state index < -0.39 is 0 Å². The molecule has 112 valence electrons. The van der Waals surface area contributed by atoms with Crippen LogP contribution >= 0.6 is 27.5 Å². The van der Waals surface area contributed by atoms with E-state index in [4.69, 9.17) is 22.1 Å². The van der Waals surface area contributed by atoms with Gasteiger partial charge in [0.1, 0.15) is 0 Å². The van der Waals surface area contributed by atoms with Gasteiger partial charge in [-0.1, -0.05) is 40.0 Å². The van der Waals surface area contributed by atoms with Crippen molar-refractivity contribution in [2.75, 3.05) is 26.8 Å². The normalized spacial score (nSPS) is 24.6. The standard InChI is InChI=1S/C15H22BrClN2O/c1-20-9-8-19-7-3-2-4-14(18)15(19)12-6-5-11(17)10-13(12)16/h5-6,10,14-15H,2-4,7-9,18H2,1H3. The molecule has 1 aliphatic rings. The van der Waals surface area contributed by atoms with Crippen LogP contribution in [0.5, 0.6) is 0 Å². The highest BCUT2D eigenvalue weighted by molar-refractivity contribution is 9.10. The molecule has 0 aromatic heterocycles. The molecule has 2 N–H and O–H groups in total. The van der Waals surface area contributed by atoms with E-state index in [2.05, 4.69) is 26.9 Å². The lowest BCUT2D eigenvalue weighted by Gasteiger charge is -2.34. The van der Waals surface area contributed by atoms with Gasteiger partial charge in [-0.3, -0.25) is 4.90 Å². The van der Waals surface area contributed by atoms with Crippen molar-refractivity contribution in [1.29, 1.82) is 0 Å². The fourth-order valence-electron chi connectivity index (χ4n) is 2.89. The molecule has 1 aromatic rings. The van der Waals surface area contributed by atoms with Crippen LogP contribution in [0.25, 0.3) is 0 Å². The molecule has 2 rings (SSSR count). The van der Waals surface area contributed by atoms with Crippen molar-refractivity contribution in [2.45, 2.75) is 31.3 Å². The number of methoxy groups -OCH3 is 1. The third kappa shape index (κ3) is 3.95. The second-order valence-electron chi connectivity index (χ2n) is 5.30. The number of rotatable bonds is 4. The van der Waals surface area contributed by atoms with E-state index in [1.807, 2.05) is 12.1 Å². The first-order valence-corrected chi connectivity index (χ1v) is 8.24. The lowest BCUT2D eigenvalue weighted by Crippen LogP contribution is -2.41. The first-order valence-electron chi connectivity index (χ1n) is 7.07. The van der Waals surface area contributed by atoms with E-state index in [1.165, 1.54) is 18.4 Å². The second-order valence-corrected chi connectivity index (χ2v) is 6.59. The molecule has 0 aliphatic carbocycles. The molecule has 1 heterocycles. The van der Waals surface area contributed by atoms with Gasteiger partial charge in [0.05, 0.1) is 12.6 Å². The number of nitrogens with two attached hydrogens (primary N) is 1. The molecule has 0 spiro atoms. The zero-order valence-corrected chi connectivity index (χ0v) is 14.2. The fraction of sp³-hybridized carbons (Fsp3) is 0.600. The number of ether oxygens (including phenoxy) is 1. The van der Waals surface area contributed by atoms with Crippen LogP contribution in [0.1, 0.15) is 30.9 Å². The number of halogens is 2. The number of likely N-dealkylation sites (tertiary alicyclic amines) is 1. The highest BCUT2D eigenvalue weighted by Crippen LogP contribution is 2.34. The van der Waals surface area contributed by atoms with Crippen LogP contribution in [0.15, 0.2) is 22.7 Å². The van der Waals surface area contributed by atoms with E-state index >= 15 is 0 Å². The molecule has 0 radical (unpaired) electrons. The summed E-state index contributed by atoms with van der Waals surface area (Å²) in [5, 5.41) is 0.742. The van der Waals surface area contributed by atoms with E-state index in [1.54, 1.807) is 7.11 Å². The summed E-state index contributed by atoms with van der Waals surface area (Å²) in [5.74, 6) is 0. The summed E-state index contributed by atoms with van der Waals surface area (Å²) in [6, 6.07) is 6.34. The Morgan fingerprint density at radius 2 is 2.25 bits per heavy atom. The fourth-order valence-corrected chi connectivity index (χ4v) is 3.81. The predicted molar refractivity (Wildman–Crippen MR) is 87.2 cm³/mol. The van der Waals surface area contributed by atoms with E-state index in [-0.39, 0.29) is 12.1 Å². The molecule has 1 aliphatic heterocycles. The minimum absolute atomic E-state index is 0.145. The minimum atomic E-state index is 0.145. The summed E-state index contributed by atoms with van der Waals surface area (Å²) < 4.78 is 6.28. The quantitative estimate of drug-likeness (QED) is 0.890. The Balaban J connectivity index is 2.29. The maximum Gasteiger partial charge on any atom is 0.0589 e. The molecule has 2 atom stereocenters. The number of hydrogen-bond acceptors (Lipinski definition) is 3. The van der Waals surface area contributed by atoms with Crippen molar-refractivity contribution in [2.24, 2.45) is 5.73 Å². The summed E-state index contributed by atoms with van der Waals surface area (Å²) in [4.78, 5) is 2.44. The molecule has 1 aromatic carbocycles. The van der Waals surface area contributed by atoms with Gasteiger partial charge in [0.15, 0.2) is 0 Å². The molecular weight excluding hydrogens is 340 g/mol. The molecule has 5 heteroatoms. The summed E-state index contributed by atoms with van der Waals surface area (Å²) in [6.07, 6.45) is 3.44. The van der Waals surface area contributed by atoms with Crippen molar-refractivity contribution in [3.63, 3.8) is 0 Å². The SMILES string of the molecule is COCCN1CCCCC(N)C1c1ccc(Cl)cc1Br. The van der Waals surface area contributed by atoms with Gasteiger partial charge in [0.2, 0.25) is 0 Å². The lowest BCUT2D eigenvalue weighted by atomic mass is 9.96. The second kappa shape index (κ2) is 7.76. The molecule has 3 nitrogen and oxygen atoms in total. The van der Waals surface area contributed by atoms with E-state index in [0.717, 1.165) is 35.6 Å². The Hall–Kier alpha value is -0.130. The van der Waals surface area contributed by atoms with Crippen LogP contribution in [0.3, 0.4) is 0 Å². The Labute approximate surface area is 134 Å². The highest BCUT2D eigenvalue weighted by atomic mass is 79.9. The monoisotopic (exact) mass is 360 g/mol. The van der Waals surface area contributed by atoms with Gasteiger partial charge in [-0.25, -0.2) is 0 Å². The largest absolute Gasteiger partial charge is 0.383 e. The third-order valence-electron chi connectivity index (χ3n) is 3.90. The van der Waals surface area contributed by atoms with Gasteiger partial charge in [-0.15, -0.1) is 0 Å². The zero-order valence-electron chi connectivity index (χ0n) is 11.8. The van der Waals surface area contributed by atoms with Crippen molar-refractivity contribution >= 4 is 27.5 Å². The van der Waals surface area contributed by atoms with Gasteiger partial charge in [-0.05, 0) is 37.1 Å². The summed E-state index contributed by atoms with van der Waals surface area (Å²) >= 11 is 9.68. The Morgan fingerprint density at radius 3 is 2.95 bits per heavy atom. The van der Waals surface area contributed by atoms with Crippen LogP contribution in [0.2, 0.25) is 5.02 Å². The van der Waals surface area contributed by atoms with E-state index in [9.17, 15) is 0 Å². The average molecular weight is 362 g/mol. The third-order valence-corrected chi connectivity index (χ3v) is 4.82. The number of hydrogen-bond donors (Lipinski definition) is 1. The molecule has 0 bridgehead atoms. The van der Waals surface area contributed by atoms with Gasteiger partial charge >= 0.3 is 0 Å². The average Bonchev–Trinajstić information content (AvgIpc) is 2.59. The molecule has 1 saturated heterocycles. The zero-order chi connectivity index (χ0) is 14.5. The Morgan fingerprint density at radius 1 is 1.45 bits per heavy atom. The van der Waals surface area contributed by atoms with Crippen molar-refractivity contribution in [3.05, 3.63) is 33.3 Å². The predicted octanol–water partition coefficient (Wildman–Crippen LogP) is 3.60. The molecule has 0 saturated carbocycles. The first-order chi connectivity index (χ1) is 9.63. The highest BCUT2D eigenvalue weighted by Gasteiger charge is 2.29. The van der Waals surface area contributed by atoms with Gasteiger partial charge < -0.3 is 10.5 Å². The first kappa shape index (κ1) is 16.2. The summed E-state index contributed by atoms with van der Waals surface area (Å²) in [5.41, 5.74) is 7.67. The van der Waals surface area contributed by atoms with Crippen molar-refractivity contribution in [3.8, 4) is 0 Å². The summed E-state index contributed by atoms with van der Waals surface area (Å²) in [7, 11) is 1.74. The lowest BCUT2D eigenvalue weighted by molar-refractivity contribution is 0.114. The Bertz CT molecular complexity index is 444. The Kier molecular flexibility index (Phi) is 6.30. The molecule has 1 fully saturated rings. The number of benzene rings is 1. The smallest absolute Gasteiger partial charge is 0.0589 e. The van der Waals surface area contributed by atoms with Crippen LogP contribution < -0.4 is 5.73 Å². The van der Waals surface area contributed by atoms with Crippen molar-refractivity contribution in [1.82, 2.24) is 4.90 Å². The maximum atomic E-state index is 6.44. The molecule has 20 heavy (non-hydrogen) atoms. The minimum Gasteiger partial charge on any atom is -0.383 e. The van der Waals surface area contributed by atoms with Gasteiger partial charge in [-0.2, -0.15) is 0 Å². The molecule has 2 unspecified atom stereocenters. The topological polar surface area (TPSA) is 38.5 Å². The number of nitrogens with zero attached hydrogens (tertiary/aromatic N) is 1. The maximum absolute atomic E-state index is 6.44. The van der Waals surface area contributed by atoms with Crippen LogP contribution in [0, 0.1) is 0 Å².